The van der Waals surface area contributed by atoms with Gasteiger partial charge in [-0.15, -0.1) is 0 Å². The molecule has 0 radical (unpaired) electrons. The molecule has 0 unspecified atom stereocenters. The second kappa shape index (κ2) is 12.8. The highest BCUT2D eigenvalue weighted by Gasteiger charge is 2.44. The monoisotopic (exact) mass is 498 g/mol. The van der Waals surface area contributed by atoms with Gasteiger partial charge in [0.2, 0.25) is 0 Å². The van der Waals surface area contributed by atoms with Gasteiger partial charge in [0.05, 0.1) is 26.4 Å². The Hall–Kier alpha value is -1.78. The zero-order chi connectivity index (χ0) is 24.7. The van der Waals surface area contributed by atoms with Gasteiger partial charge in [-0.3, -0.25) is 0 Å². The largest absolute Gasteiger partial charge is 0.494 e. The highest BCUT2D eigenvalue weighted by atomic mass is 35.5. The molecular weight excluding hydrogens is 467 g/mol. The fraction of sp³-hybridized carbons (Fsp3) is 0.520. The molecule has 0 bridgehead atoms. The summed E-state index contributed by atoms with van der Waals surface area (Å²) in [4.78, 5) is 0. The van der Waals surface area contributed by atoms with E-state index in [1.165, 1.54) is 0 Å². The van der Waals surface area contributed by atoms with Crippen LogP contribution < -0.4 is 4.74 Å². The lowest BCUT2D eigenvalue weighted by Gasteiger charge is -2.41. The van der Waals surface area contributed by atoms with E-state index < -0.39 is 43.8 Å². The molecule has 1 aliphatic rings. The minimum Gasteiger partial charge on any atom is -0.494 e. The van der Waals surface area contributed by atoms with Crippen molar-refractivity contribution in [1.29, 1.82) is 0 Å². The molecule has 0 aromatic heterocycles. The first-order chi connectivity index (χ1) is 16.4. The van der Waals surface area contributed by atoms with E-state index in [0.717, 1.165) is 16.9 Å². The van der Waals surface area contributed by atoms with Crippen LogP contribution in [0.1, 0.15) is 35.3 Å². The van der Waals surface area contributed by atoms with Gasteiger partial charge in [-0.2, -0.15) is 0 Å². The number of hydrogen-bond acceptors (Lipinski definition) is 7. The number of rotatable bonds is 11. The molecule has 1 saturated heterocycles. The lowest BCUT2D eigenvalue weighted by molar-refractivity contribution is -0.231. The second-order valence-corrected chi connectivity index (χ2v) is 8.60. The molecule has 7 nitrogen and oxygen atoms in total. The van der Waals surface area contributed by atoms with Crippen LogP contribution in [0, 0.1) is 0 Å². The van der Waals surface area contributed by atoms with E-state index in [2.05, 4.69) is 0 Å². The molecule has 188 valence electrons. The van der Waals surface area contributed by atoms with Crippen molar-refractivity contribution in [3.05, 3.63) is 63.7 Å². The Morgan fingerprint density at radius 3 is 2.38 bits per heavy atom. The van der Waals surface area contributed by atoms with Crippen LogP contribution in [-0.4, -0.2) is 77.9 Å². The number of aliphatic hydroxyl groups is 4. The van der Waals surface area contributed by atoms with Gasteiger partial charge in [0.1, 0.15) is 42.9 Å². The number of ether oxygens (including phenoxy) is 3. The van der Waals surface area contributed by atoms with Gasteiger partial charge in [0.15, 0.2) is 0 Å². The number of hydrogen-bond donors (Lipinski definition) is 4. The first-order valence-electron chi connectivity index (χ1n) is 11.4. The topological polar surface area (TPSA) is 109 Å². The number of aliphatic hydroxyl groups excluding tert-OH is 4. The van der Waals surface area contributed by atoms with Crippen molar-refractivity contribution in [3.63, 3.8) is 0 Å². The maximum atomic E-state index is 12.4. The predicted molar refractivity (Wildman–Crippen MR) is 125 cm³/mol. The summed E-state index contributed by atoms with van der Waals surface area (Å²) in [5.74, 6) is 0.767. The number of halogens is 2. The number of benzene rings is 2. The van der Waals surface area contributed by atoms with Gasteiger partial charge in [-0.1, -0.05) is 29.8 Å². The van der Waals surface area contributed by atoms with Crippen LogP contribution in [0.2, 0.25) is 5.02 Å². The molecule has 0 aliphatic carbocycles. The Morgan fingerprint density at radius 2 is 1.74 bits per heavy atom. The maximum absolute atomic E-state index is 12.4. The van der Waals surface area contributed by atoms with Crippen LogP contribution in [0.25, 0.3) is 0 Å². The third-order valence-electron chi connectivity index (χ3n) is 5.87. The van der Waals surface area contributed by atoms with E-state index in [0.29, 0.717) is 35.6 Å². The summed E-state index contributed by atoms with van der Waals surface area (Å²) >= 11 is 6.60. The first-order valence-corrected chi connectivity index (χ1v) is 11.7. The fourth-order valence-corrected chi connectivity index (χ4v) is 4.34. The van der Waals surface area contributed by atoms with Gasteiger partial charge < -0.3 is 34.6 Å². The molecule has 2 aromatic carbocycles. The summed E-state index contributed by atoms with van der Waals surface area (Å²) in [6.07, 6.45) is -5.57. The van der Waals surface area contributed by atoms with Gasteiger partial charge in [0.25, 0.3) is 0 Å². The molecule has 9 heteroatoms. The molecule has 1 heterocycles. The van der Waals surface area contributed by atoms with Crippen molar-refractivity contribution >= 4 is 11.6 Å². The Labute approximate surface area is 203 Å². The van der Waals surface area contributed by atoms with Crippen LogP contribution in [0.4, 0.5) is 4.39 Å². The van der Waals surface area contributed by atoms with Gasteiger partial charge in [-0.05, 0) is 60.2 Å². The van der Waals surface area contributed by atoms with Crippen LogP contribution in [-0.2, 0) is 22.3 Å². The maximum Gasteiger partial charge on any atom is 0.119 e. The van der Waals surface area contributed by atoms with E-state index in [1.54, 1.807) is 12.1 Å². The summed E-state index contributed by atoms with van der Waals surface area (Å²) in [5, 5.41) is 41.3. The van der Waals surface area contributed by atoms with E-state index >= 15 is 0 Å². The van der Waals surface area contributed by atoms with Crippen molar-refractivity contribution in [3.8, 4) is 5.75 Å². The molecule has 2 aromatic rings. The lowest BCUT2D eigenvalue weighted by Crippen LogP contribution is -2.55. The summed E-state index contributed by atoms with van der Waals surface area (Å²) < 4.78 is 29.0. The molecule has 1 aliphatic heterocycles. The zero-order valence-corrected chi connectivity index (χ0v) is 19.8. The van der Waals surface area contributed by atoms with Crippen LogP contribution in [0.15, 0.2) is 36.4 Å². The minimum absolute atomic E-state index is 0.0288. The highest BCUT2D eigenvalue weighted by molar-refractivity contribution is 6.31. The van der Waals surface area contributed by atoms with Crippen LogP contribution in [0.3, 0.4) is 0 Å². The summed E-state index contributed by atoms with van der Waals surface area (Å²) in [6.45, 7) is 1.56. The first kappa shape index (κ1) is 26.8. The van der Waals surface area contributed by atoms with Crippen LogP contribution in [0.5, 0.6) is 5.75 Å². The summed E-state index contributed by atoms with van der Waals surface area (Å²) in [6, 6.07) is 11.2. The fourth-order valence-electron chi connectivity index (χ4n) is 4.08. The third kappa shape index (κ3) is 6.46. The Morgan fingerprint density at radius 1 is 1.00 bits per heavy atom. The molecular formula is C25H32ClFO7. The lowest BCUT2D eigenvalue weighted by atomic mass is 9.87. The van der Waals surface area contributed by atoms with Crippen molar-refractivity contribution in [1.82, 2.24) is 0 Å². The van der Waals surface area contributed by atoms with Gasteiger partial charge in [-0.25, -0.2) is 4.39 Å². The van der Waals surface area contributed by atoms with Gasteiger partial charge >= 0.3 is 0 Å². The SMILES string of the molecule is CCOc1ccc(Cc2cc([C@@H]3O[C@H](CO)[C@@H](O)[C@H](O)[C@H]3O)c(CCOCCF)cc2Cl)cc1. The molecule has 5 atom stereocenters. The number of alkyl halides is 1. The Balaban J connectivity index is 1.93. The van der Waals surface area contributed by atoms with Crippen molar-refractivity contribution in [2.24, 2.45) is 0 Å². The highest BCUT2D eigenvalue weighted by Crippen LogP contribution is 2.37. The van der Waals surface area contributed by atoms with E-state index in [-0.39, 0.29) is 13.2 Å². The standard InChI is InChI=1S/C25H32ClFO7/c1-2-33-18-5-3-15(4-6-18)11-17-12-19(16(13-20(17)26)7-9-32-10-8-27)25-24(31)23(30)22(29)21(14-28)34-25/h3-6,12-13,21-25,28-31H,2,7-11,14H2,1H3/t21-,22-,23+,24-,25+/m1/s1. The van der Waals surface area contributed by atoms with E-state index in [4.69, 9.17) is 25.8 Å². The molecule has 0 amide bonds. The normalized spacial score (nSPS) is 24.9. The van der Waals surface area contributed by atoms with Crippen molar-refractivity contribution in [2.75, 3.05) is 33.1 Å². The summed E-state index contributed by atoms with van der Waals surface area (Å²) in [7, 11) is 0. The Kier molecular flexibility index (Phi) is 10.1. The van der Waals surface area contributed by atoms with E-state index in [9.17, 15) is 24.8 Å². The van der Waals surface area contributed by atoms with Crippen LogP contribution >= 0.6 is 11.6 Å². The molecule has 4 N–H and O–H groups in total. The smallest absolute Gasteiger partial charge is 0.119 e. The second-order valence-electron chi connectivity index (χ2n) is 8.20. The average Bonchev–Trinajstić information content (AvgIpc) is 2.83. The third-order valence-corrected chi connectivity index (χ3v) is 6.23. The van der Waals surface area contributed by atoms with Crippen molar-refractivity contribution < 1.29 is 39.0 Å². The molecule has 0 saturated carbocycles. The van der Waals surface area contributed by atoms with Gasteiger partial charge in [0, 0.05) is 5.02 Å². The van der Waals surface area contributed by atoms with Crippen molar-refractivity contribution in [2.45, 2.75) is 50.3 Å². The molecule has 34 heavy (non-hydrogen) atoms. The molecule has 1 fully saturated rings. The minimum atomic E-state index is -1.50. The average molecular weight is 499 g/mol. The Bertz CT molecular complexity index is 909. The quantitative estimate of drug-likeness (QED) is 0.352. The van der Waals surface area contributed by atoms with E-state index in [1.807, 2.05) is 31.2 Å². The molecule has 3 rings (SSSR count). The zero-order valence-electron chi connectivity index (χ0n) is 19.1. The molecule has 0 spiro atoms. The summed E-state index contributed by atoms with van der Waals surface area (Å²) in [5.41, 5.74) is 3.02. The predicted octanol–water partition coefficient (Wildman–Crippen LogP) is 2.37.